The molecule has 1 unspecified atom stereocenters. The normalized spacial score (nSPS) is 14.7. The number of methoxy groups -OCH3 is 1. The number of carbonyl (C=O) groups excluding carboxylic acids is 1. The Hall–Kier alpha value is -0.990. The molecule has 0 amide bonds. The highest BCUT2D eigenvalue weighted by Gasteiger charge is 2.31. The fourth-order valence-electron chi connectivity index (χ4n) is 0.943. The zero-order valence-electron chi connectivity index (χ0n) is 10.6. The van der Waals surface area contributed by atoms with Gasteiger partial charge in [0.1, 0.15) is 6.61 Å². The summed E-state index contributed by atoms with van der Waals surface area (Å²) < 4.78 is 19.3. The lowest BCUT2D eigenvalue weighted by molar-refractivity contribution is -0.347. The van der Waals surface area contributed by atoms with Gasteiger partial charge in [0, 0.05) is 13.2 Å². The number of aliphatic hydroxyl groups excluding tert-OH is 1. The fourth-order valence-corrected chi connectivity index (χ4v) is 0.943. The molecule has 0 fully saturated rings. The smallest absolute Gasteiger partial charge is 0.351 e. The maximum atomic E-state index is 11.1. The maximum absolute atomic E-state index is 11.1. The van der Waals surface area contributed by atoms with Crippen molar-refractivity contribution >= 4 is 5.97 Å². The summed E-state index contributed by atoms with van der Waals surface area (Å²) in [5, 5.41) is 18.2. The van der Waals surface area contributed by atoms with Crippen LogP contribution in [0.1, 0.15) is 6.92 Å². The van der Waals surface area contributed by atoms with Crippen LogP contribution < -0.4 is 0 Å². The number of aliphatic hydroxyl groups is 2. The summed E-state index contributed by atoms with van der Waals surface area (Å²) in [7, 11) is 1.19. The third-order valence-corrected chi connectivity index (χ3v) is 1.77. The summed E-state index contributed by atoms with van der Waals surface area (Å²) in [5.74, 6) is -2.85. The lowest BCUT2D eigenvalue weighted by Crippen LogP contribution is -2.41. The fraction of sp³-hybridized carbons (Fsp3) is 0.727. The van der Waals surface area contributed by atoms with Gasteiger partial charge in [-0.05, 0) is 6.92 Å². The van der Waals surface area contributed by atoms with E-state index in [9.17, 15) is 9.90 Å². The molecule has 0 aromatic carbocycles. The average molecular weight is 264 g/mol. The lowest BCUT2D eigenvalue weighted by Gasteiger charge is -2.24. The molecule has 0 heterocycles. The molecule has 0 aliphatic rings. The number of hydrogen-bond acceptors (Lipinski definition) is 7. The van der Waals surface area contributed by atoms with Gasteiger partial charge in [-0.1, -0.05) is 6.08 Å². The zero-order chi connectivity index (χ0) is 13.9. The first-order valence-electron chi connectivity index (χ1n) is 5.47. The van der Waals surface area contributed by atoms with Crippen molar-refractivity contribution in [3.8, 4) is 0 Å². The summed E-state index contributed by atoms with van der Waals surface area (Å²) in [6.07, 6.45) is 2.62. The van der Waals surface area contributed by atoms with Crippen molar-refractivity contribution in [2.75, 3.05) is 40.1 Å². The van der Waals surface area contributed by atoms with Gasteiger partial charge < -0.3 is 29.2 Å². The zero-order valence-corrected chi connectivity index (χ0v) is 10.6. The van der Waals surface area contributed by atoms with Crippen molar-refractivity contribution in [2.45, 2.75) is 12.9 Å². The van der Waals surface area contributed by atoms with E-state index in [1.54, 1.807) is 6.92 Å². The molecular formula is C11H20O7. The minimum absolute atomic E-state index is 0.0665. The first-order valence-corrected chi connectivity index (χ1v) is 5.47. The lowest BCUT2D eigenvalue weighted by atomic mass is 10.5. The van der Waals surface area contributed by atoms with Crippen LogP contribution >= 0.6 is 0 Å². The van der Waals surface area contributed by atoms with Crippen molar-refractivity contribution in [1.29, 1.82) is 0 Å². The molecular weight excluding hydrogens is 244 g/mol. The van der Waals surface area contributed by atoms with E-state index in [2.05, 4.69) is 9.47 Å². The van der Waals surface area contributed by atoms with Gasteiger partial charge in [0.15, 0.2) is 0 Å². The van der Waals surface area contributed by atoms with Crippen molar-refractivity contribution in [3.63, 3.8) is 0 Å². The van der Waals surface area contributed by atoms with Crippen LogP contribution in [0, 0.1) is 0 Å². The van der Waals surface area contributed by atoms with Gasteiger partial charge in [-0.2, -0.15) is 0 Å². The number of rotatable bonds is 10. The van der Waals surface area contributed by atoms with E-state index >= 15 is 0 Å². The molecule has 7 nitrogen and oxygen atoms in total. The van der Waals surface area contributed by atoms with E-state index in [4.69, 9.17) is 14.6 Å². The molecule has 0 aromatic heterocycles. The highest BCUT2D eigenvalue weighted by molar-refractivity contribution is 5.81. The largest absolute Gasteiger partial charge is 0.403 e. The van der Waals surface area contributed by atoms with Crippen LogP contribution in [-0.2, 0) is 23.7 Å². The molecule has 2 N–H and O–H groups in total. The highest BCUT2D eigenvalue weighted by atomic mass is 16.8. The Morgan fingerprint density at radius 2 is 1.94 bits per heavy atom. The molecule has 106 valence electrons. The van der Waals surface area contributed by atoms with Crippen LogP contribution in [0.3, 0.4) is 0 Å². The van der Waals surface area contributed by atoms with E-state index in [0.717, 1.165) is 6.08 Å². The van der Waals surface area contributed by atoms with Gasteiger partial charge in [-0.25, -0.2) is 4.79 Å². The first-order chi connectivity index (χ1) is 8.58. The Morgan fingerprint density at radius 3 is 2.50 bits per heavy atom. The second kappa shape index (κ2) is 9.98. The first kappa shape index (κ1) is 17.0. The summed E-state index contributed by atoms with van der Waals surface area (Å²) >= 11 is 0. The molecule has 18 heavy (non-hydrogen) atoms. The van der Waals surface area contributed by atoms with Crippen molar-refractivity contribution < 1.29 is 34.0 Å². The molecule has 0 aliphatic heterocycles. The summed E-state index contributed by atoms with van der Waals surface area (Å²) in [6.45, 7) is 1.88. The number of ether oxygens (including phenoxy) is 4. The Labute approximate surface area is 106 Å². The van der Waals surface area contributed by atoms with Crippen LogP contribution in [0.15, 0.2) is 12.2 Å². The average Bonchev–Trinajstić information content (AvgIpc) is 2.34. The third-order valence-electron chi connectivity index (χ3n) is 1.77. The van der Waals surface area contributed by atoms with Gasteiger partial charge in [0.05, 0.1) is 26.4 Å². The molecule has 0 bridgehead atoms. The summed E-state index contributed by atoms with van der Waals surface area (Å²) in [6, 6.07) is 0. The second-order valence-corrected chi connectivity index (χ2v) is 3.23. The summed E-state index contributed by atoms with van der Waals surface area (Å²) in [5.41, 5.74) is 0. The molecule has 1 atom stereocenters. The quantitative estimate of drug-likeness (QED) is 0.236. The molecule has 7 heteroatoms. The minimum Gasteiger partial charge on any atom is -0.403 e. The van der Waals surface area contributed by atoms with Gasteiger partial charge in [-0.15, -0.1) is 0 Å². The molecule has 0 radical (unpaired) electrons. The number of carbonyl (C=O) groups is 1. The SMILES string of the molecule is C/C=C/C(=O)OC(O)(COCCOCCO)OC. The van der Waals surface area contributed by atoms with Crippen LogP contribution in [0.25, 0.3) is 0 Å². The van der Waals surface area contributed by atoms with Crippen molar-refractivity contribution in [2.24, 2.45) is 0 Å². The van der Waals surface area contributed by atoms with E-state index in [1.165, 1.54) is 13.2 Å². The molecule has 0 rings (SSSR count). The van der Waals surface area contributed by atoms with Crippen LogP contribution in [0.2, 0.25) is 0 Å². The number of hydrogen-bond donors (Lipinski definition) is 2. The van der Waals surface area contributed by atoms with E-state index in [-0.39, 0.29) is 33.0 Å². The van der Waals surface area contributed by atoms with Gasteiger partial charge in [-0.3, -0.25) is 0 Å². The molecule has 0 spiro atoms. The van der Waals surface area contributed by atoms with Crippen LogP contribution in [0.5, 0.6) is 0 Å². The number of esters is 1. The molecule has 0 aliphatic carbocycles. The van der Waals surface area contributed by atoms with Gasteiger partial charge in [0.2, 0.25) is 0 Å². The van der Waals surface area contributed by atoms with E-state index < -0.39 is 11.9 Å². The monoisotopic (exact) mass is 264 g/mol. The predicted molar refractivity (Wildman–Crippen MR) is 61.6 cm³/mol. The van der Waals surface area contributed by atoms with Crippen LogP contribution in [-0.4, -0.2) is 62.3 Å². The molecule has 0 saturated carbocycles. The summed E-state index contributed by atoms with van der Waals surface area (Å²) in [4.78, 5) is 11.1. The second-order valence-electron chi connectivity index (χ2n) is 3.23. The van der Waals surface area contributed by atoms with E-state index in [0.29, 0.717) is 0 Å². The highest BCUT2D eigenvalue weighted by Crippen LogP contribution is 2.09. The third kappa shape index (κ3) is 8.15. The minimum atomic E-state index is -2.12. The maximum Gasteiger partial charge on any atom is 0.351 e. The van der Waals surface area contributed by atoms with Crippen LogP contribution in [0.4, 0.5) is 0 Å². The van der Waals surface area contributed by atoms with Crippen molar-refractivity contribution in [3.05, 3.63) is 12.2 Å². The molecule has 0 saturated heterocycles. The number of allylic oxidation sites excluding steroid dienone is 1. The molecule has 0 aromatic rings. The predicted octanol–water partition coefficient (Wildman–Crippen LogP) is -0.576. The Kier molecular flexibility index (Phi) is 9.43. The van der Waals surface area contributed by atoms with E-state index in [1.807, 2.05) is 0 Å². The van der Waals surface area contributed by atoms with Gasteiger partial charge in [0.25, 0.3) is 0 Å². The Bertz CT molecular complexity index is 254. The standard InChI is InChI=1S/C11H20O7/c1-3-4-10(13)18-11(14,15-2)9-17-8-7-16-6-5-12/h3-4,12,14H,5-9H2,1-2H3/b4-3+. The Balaban J connectivity index is 3.89. The Morgan fingerprint density at radius 1 is 1.28 bits per heavy atom. The van der Waals surface area contributed by atoms with Crippen molar-refractivity contribution in [1.82, 2.24) is 0 Å². The topological polar surface area (TPSA) is 94.5 Å². The van der Waals surface area contributed by atoms with Gasteiger partial charge >= 0.3 is 11.9 Å².